The largest absolute Gasteiger partial charge is 0.372 e. The van der Waals surface area contributed by atoms with Crippen LogP contribution in [0.5, 0.6) is 0 Å². The topological polar surface area (TPSA) is 34.1 Å². The third-order valence-corrected chi connectivity index (χ3v) is 2.56. The van der Waals surface area contributed by atoms with Gasteiger partial charge in [-0.25, -0.2) is 0 Å². The number of nitrogens with zero attached hydrogens (tertiary/aromatic N) is 1. The smallest absolute Gasteiger partial charge is 0.0891 e. The molecule has 0 saturated carbocycles. The third-order valence-electron chi connectivity index (χ3n) is 2.56. The molecular formula is C13H22N2O. The van der Waals surface area contributed by atoms with Gasteiger partial charge in [0.05, 0.1) is 18.4 Å². The maximum Gasteiger partial charge on any atom is 0.0891 e. The van der Waals surface area contributed by atoms with Gasteiger partial charge in [0, 0.05) is 12.7 Å². The predicted octanol–water partition coefficient (Wildman–Crippen LogP) is 2.51. The summed E-state index contributed by atoms with van der Waals surface area (Å²) in [5.41, 5.74) is 2.22. The molecule has 0 aromatic carbocycles. The maximum atomic E-state index is 5.62. The molecule has 1 rings (SSSR count). The van der Waals surface area contributed by atoms with E-state index in [4.69, 9.17) is 4.74 Å². The summed E-state index contributed by atoms with van der Waals surface area (Å²) < 4.78 is 5.62. The molecule has 1 aromatic rings. The van der Waals surface area contributed by atoms with E-state index in [1.807, 2.05) is 12.3 Å². The first-order chi connectivity index (χ1) is 7.76. The van der Waals surface area contributed by atoms with Gasteiger partial charge in [-0.2, -0.15) is 0 Å². The van der Waals surface area contributed by atoms with Crippen LogP contribution in [-0.4, -0.2) is 17.6 Å². The molecule has 1 N–H and O–H groups in total. The van der Waals surface area contributed by atoms with Crippen molar-refractivity contribution in [2.75, 3.05) is 6.54 Å². The fraction of sp³-hybridized carbons (Fsp3) is 0.615. The first-order valence-corrected chi connectivity index (χ1v) is 6.02. The highest BCUT2D eigenvalue weighted by atomic mass is 16.5. The lowest BCUT2D eigenvalue weighted by atomic mass is 10.2. The molecule has 0 bridgehead atoms. The predicted molar refractivity (Wildman–Crippen MR) is 66.2 cm³/mol. The van der Waals surface area contributed by atoms with Crippen molar-refractivity contribution in [1.82, 2.24) is 10.3 Å². The SMILES string of the molecule is CCNCc1ccc(COC(C)CC)nc1. The van der Waals surface area contributed by atoms with Crippen LogP contribution in [0.25, 0.3) is 0 Å². The van der Waals surface area contributed by atoms with E-state index in [1.165, 1.54) is 5.56 Å². The van der Waals surface area contributed by atoms with E-state index in [9.17, 15) is 0 Å². The summed E-state index contributed by atoms with van der Waals surface area (Å²) in [6.45, 7) is 8.78. The number of nitrogens with one attached hydrogen (secondary N) is 1. The summed E-state index contributed by atoms with van der Waals surface area (Å²) in [5.74, 6) is 0. The molecule has 1 unspecified atom stereocenters. The normalized spacial score (nSPS) is 12.7. The number of pyridine rings is 1. The molecule has 3 heteroatoms. The molecule has 1 heterocycles. The second kappa shape index (κ2) is 7.36. The first kappa shape index (κ1) is 13.1. The van der Waals surface area contributed by atoms with Gasteiger partial charge < -0.3 is 10.1 Å². The van der Waals surface area contributed by atoms with Gasteiger partial charge in [-0.1, -0.05) is 19.9 Å². The number of hydrogen-bond acceptors (Lipinski definition) is 3. The van der Waals surface area contributed by atoms with Crippen LogP contribution in [0, 0.1) is 0 Å². The van der Waals surface area contributed by atoms with Crippen LogP contribution in [0.2, 0.25) is 0 Å². The maximum absolute atomic E-state index is 5.62. The summed E-state index contributed by atoms with van der Waals surface area (Å²) >= 11 is 0. The lowest BCUT2D eigenvalue weighted by Gasteiger charge is -2.10. The van der Waals surface area contributed by atoms with E-state index in [2.05, 4.69) is 37.1 Å². The summed E-state index contributed by atoms with van der Waals surface area (Å²) in [7, 11) is 0. The Morgan fingerprint density at radius 3 is 2.75 bits per heavy atom. The molecule has 0 aliphatic heterocycles. The number of hydrogen-bond donors (Lipinski definition) is 1. The van der Waals surface area contributed by atoms with E-state index in [1.54, 1.807) is 0 Å². The van der Waals surface area contributed by atoms with E-state index < -0.39 is 0 Å². The fourth-order valence-corrected chi connectivity index (χ4v) is 1.26. The molecule has 0 spiro atoms. The van der Waals surface area contributed by atoms with Crippen molar-refractivity contribution in [3.8, 4) is 0 Å². The minimum Gasteiger partial charge on any atom is -0.372 e. The second-order valence-electron chi connectivity index (χ2n) is 3.97. The van der Waals surface area contributed by atoms with Crippen molar-refractivity contribution in [3.05, 3.63) is 29.6 Å². The zero-order valence-corrected chi connectivity index (χ0v) is 10.5. The van der Waals surface area contributed by atoms with Gasteiger partial charge in [0.1, 0.15) is 0 Å². The fourth-order valence-electron chi connectivity index (χ4n) is 1.26. The summed E-state index contributed by atoms with van der Waals surface area (Å²) in [4.78, 5) is 4.37. The molecule has 0 radical (unpaired) electrons. The van der Waals surface area contributed by atoms with E-state index in [-0.39, 0.29) is 0 Å². The molecule has 0 amide bonds. The van der Waals surface area contributed by atoms with Crippen molar-refractivity contribution in [2.45, 2.75) is 46.4 Å². The Bertz CT molecular complexity index is 284. The standard InChI is InChI=1S/C13H22N2O/c1-4-11(3)16-10-13-7-6-12(9-15-13)8-14-5-2/h6-7,9,11,14H,4-5,8,10H2,1-3H3. The van der Waals surface area contributed by atoms with Crippen molar-refractivity contribution < 1.29 is 4.74 Å². The molecule has 90 valence electrons. The lowest BCUT2D eigenvalue weighted by molar-refractivity contribution is 0.0489. The Labute approximate surface area is 98.2 Å². The van der Waals surface area contributed by atoms with Gasteiger partial charge in [-0.15, -0.1) is 0 Å². The molecule has 0 saturated heterocycles. The van der Waals surface area contributed by atoms with Crippen molar-refractivity contribution >= 4 is 0 Å². The second-order valence-corrected chi connectivity index (χ2v) is 3.97. The van der Waals surface area contributed by atoms with E-state index >= 15 is 0 Å². The number of ether oxygens (including phenoxy) is 1. The lowest BCUT2D eigenvalue weighted by Crippen LogP contribution is -2.12. The van der Waals surface area contributed by atoms with Crippen LogP contribution in [0.1, 0.15) is 38.4 Å². The Morgan fingerprint density at radius 1 is 1.38 bits per heavy atom. The summed E-state index contributed by atoms with van der Waals surface area (Å²) in [6, 6.07) is 4.14. The Balaban J connectivity index is 2.38. The van der Waals surface area contributed by atoms with Gasteiger partial charge in [0.25, 0.3) is 0 Å². The zero-order chi connectivity index (χ0) is 11.8. The molecule has 16 heavy (non-hydrogen) atoms. The highest BCUT2D eigenvalue weighted by Gasteiger charge is 2.00. The molecule has 1 aromatic heterocycles. The summed E-state index contributed by atoms with van der Waals surface area (Å²) in [6.07, 6.45) is 3.26. The molecule has 1 atom stereocenters. The molecular weight excluding hydrogens is 200 g/mol. The van der Waals surface area contributed by atoms with Crippen molar-refractivity contribution in [1.29, 1.82) is 0 Å². The quantitative estimate of drug-likeness (QED) is 0.769. The van der Waals surface area contributed by atoms with E-state index in [0.29, 0.717) is 12.7 Å². The average Bonchev–Trinajstić information content (AvgIpc) is 2.34. The van der Waals surface area contributed by atoms with Gasteiger partial charge in [0.15, 0.2) is 0 Å². The van der Waals surface area contributed by atoms with Crippen molar-refractivity contribution in [3.63, 3.8) is 0 Å². The van der Waals surface area contributed by atoms with Gasteiger partial charge in [-0.05, 0) is 31.5 Å². The van der Waals surface area contributed by atoms with Crippen LogP contribution in [0.15, 0.2) is 18.3 Å². The summed E-state index contributed by atoms with van der Waals surface area (Å²) in [5, 5.41) is 3.27. The van der Waals surface area contributed by atoms with Gasteiger partial charge >= 0.3 is 0 Å². The minimum absolute atomic E-state index is 0.309. The average molecular weight is 222 g/mol. The Kier molecular flexibility index (Phi) is 6.04. The zero-order valence-electron chi connectivity index (χ0n) is 10.5. The first-order valence-electron chi connectivity index (χ1n) is 6.02. The molecule has 3 nitrogen and oxygen atoms in total. The van der Waals surface area contributed by atoms with Crippen LogP contribution in [0.4, 0.5) is 0 Å². The Hall–Kier alpha value is -0.930. The van der Waals surface area contributed by atoms with Crippen LogP contribution in [0.3, 0.4) is 0 Å². The highest BCUT2D eigenvalue weighted by molar-refractivity contribution is 5.13. The van der Waals surface area contributed by atoms with Gasteiger partial charge in [-0.3, -0.25) is 4.98 Å². The van der Waals surface area contributed by atoms with Gasteiger partial charge in [0.2, 0.25) is 0 Å². The van der Waals surface area contributed by atoms with Crippen LogP contribution < -0.4 is 5.32 Å². The Morgan fingerprint density at radius 2 is 2.19 bits per heavy atom. The molecule has 0 aliphatic rings. The molecule has 0 fully saturated rings. The van der Waals surface area contributed by atoms with Crippen LogP contribution >= 0.6 is 0 Å². The highest BCUT2D eigenvalue weighted by Crippen LogP contribution is 2.04. The molecule has 0 aliphatic carbocycles. The number of aromatic nitrogens is 1. The number of rotatable bonds is 7. The van der Waals surface area contributed by atoms with Crippen LogP contribution in [-0.2, 0) is 17.9 Å². The van der Waals surface area contributed by atoms with E-state index in [0.717, 1.165) is 25.2 Å². The third kappa shape index (κ3) is 4.73. The minimum atomic E-state index is 0.309. The monoisotopic (exact) mass is 222 g/mol. The van der Waals surface area contributed by atoms with Crippen molar-refractivity contribution in [2.24, 2.45) is 0 Å².